The zero-order valence-corrected chi connectivity index (χ0v) is 23.8. The average Bonchev–Trinajstić information content (AvgIpc) is 3.27. The Kier molecular flexibility index (Phi) is 4.83. The lowest BCUT2D eigenvalue weighted by Gasteiger charge is -2.43. The van der Waals surface area contributed by atoms with Crippen molar-refractivity contribution in [2.24, 2.45) is 5.92 Å². The van der Waals surface area contributed by atoms with E-state index in [2.05, 4.69) is 126 Å². The summed E-state index contributed by atoms with van der Waals surface area (Å²) in [4.78, 5) is 13.7. The maximum Gasteiger partial charge on any atom is 0.294 e. The molecule has 4 atom stereocenters. The normalized spacial score (nSPS) is 26.2. The number of allylic oxidation sites excluding steroid dienone is 4. The first-order valence-corrected chi connectivity index (χ1v) is 14.4. The van der Waals surface area contributed by atoms with Crippen LogP contribution in [0.25, 0.3) is 22.7 Å². The largest absolute Gasteiger partial charge is 0.350 e. The van der Waals surface area contributed by atoms with E-state index in [1.807, 2.05) is 6.20 Å². The molecule has 0 spiro atoms. The zero-order valence-electron chi connectivity index (χ0n) is 23.8. The van der Waals surface area contributed by atoms with E-state index in [0.717, 1.165) is 24.3 Å². The zero-order chi connectivity index (χ0) is 27.3. The molecule has 6 heteroatoms. The number of fused-ring (bicyclic) bond motifs is 7. The topological polar surface area (TPSA) is 41.1 Å². The fourth-order valence-electron chi connectivity index (χ4n) is 7.63. The van der Waals surface area contributed by atoms with Crippen LogP contribution in [0, 0.1) is 5.92 Å². The molecule has 0 bridgehead atoms. The van der Waals surface area contributed by atoms with E-state index in [1.165, 1.54) is 45.0 Å². The Labute approximate surface area is 235 Å². The molecule has 0 saturated heterocycles. The van der Waals surface area contributed by atoms with Gasteiger partial charge in [0.25, 0.3) is 5.82 Å². The summed E-state index contributed by atoms with van der Waals surface area (Å²) in [6.07, 6.45) is 12.8. The quantitative estimate of drug-likeness (QED) is 0.277. The van der Waals surface area contributed by atoms with Gasteiger partial charge in [-0.25, -0.2) is 14.5 Å². The minimum absolute atomic E-state index is 0.0262. The van der Waals surface area contributed by atoms with Gasteiger partial charge < -0.3 is 9.80 Å². The minimum atomic E-state index is 0.0262. The second-order valence-electron chi connectivity index (χ2n) is 12.2. The van der Waals surface area contributed by atoms with E-state index >= 15 is 0 Å². The molecule has 0 amide bonds. The fraction of sp³-hybridized carbons (Fsp3) is 0.324. The van der Waals surface area contributed by atoms with Gasteiger partial charge >= 0.3 is 0 Å². The molecule has 4 heterocycles. The summed E-state index contributed by atoms with van der Waals surface area (Å²) in [5.41, 5.74) is 10.8. The van der Waals surface area contributed by atoms with Gasteiger partial charge in [0.05, 0.1) is 17.4 Å². The lowest BCUT2D eigenvalue weighted by atomic mass is 9.64. The van der Waals surface area contributed by atoms with Crippen LogP contribution in [0.5, 0.6) is 0 Å². The standard InChI is InChI=1S/C34H35N6/c1-21-22(2)31(21)39-17-16-38-30-18-24(14-15-34(30,4)27-12-8-6-11-26(27)33(38)39)25-10-7-9-13-28(25)40-23(3)37(5)29-19-35-20-36-32(29)40/h6-14,16-17,19-21,23,30H,15,18H2,1-5H3/q+1/t21-,23?,30?,34?/m0/s1. The van der Waals surface area contributed by atoms with Gasteiger partial charge in [-0.3, -0.25) is 0 Å². The summed E-state index contributed by atoms with van der Waals surface area (Å²) in [5.74, 6) is 2.85. The smallest absolute Gasteiger partial charge is 0.294 e. The van der Waals surface area contributed by atoms with Crippen molar-refractivity contribution in [3.8, 4) is 11.4 Å². The van der Waals surface area contributed by atoms with Gasteiger partial charge in [-0.1, -0.05) is 56.3 Å². The van der Waals surface area contributed by atoms with Crippen LogP contribution in [0.3, 0.4) is 0 Å². The first kappa shape index (κ1) is 23.7. The van der Waals surface area contributed by atoms with Crippen molar-refractivity contribution in [2.45, 2.75) is 58.2 Å². The van der Waals surface area contributed by atoms with E-state index in [1.54, 1.807) is 6.33 Å². The first-order valence-electron chi connectivity index (χ1n) is 14.4. The second-order valence-corrected chi connectivity index (χ2v) is 12.2. The summed E-state index contributed by atoms with van der Waals surface area (Å²) < 4.78 is 5.04. The molecule has 2 aliphatic heterocycles. The van der Waals surface area contributed by atoms with Crippen LogP contribution in [-0.4, -0.2) is 27.7 Å². The average molecular weight is 528 g/mol. The molecule has 200 valence electrons. The van der Waals surface area contributed by atoms with Crippen LogP contribution in [0.2, 0.25) is 0 Å². The van der Waals surface area contributed by atoms with Gasteiger partial charge in [0.2, 0.25) is 0 Å². The monoisotopic (exact) mass is 527 g/mol. The van der Waals surface area contributed by atoms with Crippen LogP contribution < -0.4 is 14.4 Å². The summed E-state index contributed by atoms with van der Waals surface area (Å²) >= 11 is 0. The Bertz CT molecular complexity index is 1760. The predicted octanol–water partition coefficient (Wildman–Crippen LogP) is 6.74. The minimum Gasteiger partial charge on any atom is -0.350 e. The Morgan fingerprint density at radius 3 is 2.55 bits per heavy atom. The highest BCUT2D eigenvalue weighted by atomic mass is 15.4. The van der Waals surface area contributed by atoms with Crippen LogP contribution >= 0.6 is 0 Å². The highest BCUT2D eigenvalue weighted by molar-refractivity contribution is 5.87. The van der Waals surface area contributed by atoms with Gasteiger partial charge in [-0.2, -0.15) is 4.57 Å². The van der Waals surface area contributed by atoms with Crippen LogP contribution in [-0.2, 0) is 5.41 Å². The number of hydrogen-bond donors (Lipinski definition) is 0. The summed E-state index contributed by atoms with van der Waals surface area (Å²) in [5, 5.41) is 0. The van der Waals surface area contributed by atoms with Gasteiger partial charge in [0.15, 0.2) is 5.82 Å². The molecule has 0 saturated carbocycles. The summed E-state index contributed by atoms with van der Waals surface area (Å²) in [6, 6.07) is 18.3. The number of benzene rings is 2. The summed E-state index contributed by atoms with van der Waals surface area (Å²) in [6.45, 7) is 9.30. The third-order valence-corrected chi connectivity index (χ3v) is 10.3. The number of nitrogens with zero attached hydrogens (tertiary/aromatic N) is 6. The van der Waals surface area contributed by atoms with Crippen LogP contribution in [0.4, 0.5) is 17.2 Å². The Balaban J connectivity index is 1.26. The van der Waals surface area contributed by atoms with E-state index in [9.17, 15) is 0 Å². The first-order chi connectivity index (χ1) is 19.4. The van der Waals surface area contributed by atoms with Crippen molar-refractivity contribution in [2.75, 3.05) is 16.8 Å². The van der Waals surface area contributed by atoms with Gasteiger partial charge in [-0.15, -0.1) is 0 Å². The maximum atomic E-state index is 4.72. The molecule has 6 nitrogen and oxygen atoms in total. The molecule has 0 fully saturated rings. The van der Waals surface area contributed by atoms with Crippen molar-refractivity contribution in [1.29, 1.82) is 0 Å². The van der Waals surface area contributed by atoms with Gasteiger partial charge in [0, 0.05) is 30.4 Å². The summed E-state index contributed by atoms with van der Waals surface area (Å²) in [7, 11) is 2.13. The number of para-hydroxylation sites is 1. The van der Waals surface area contributed by atoms with Crippen molar-refractivity contribution in [1.82, 2.24) is 14.5 Å². The Morgan fingerprint density at radius 2 is 1.75 bits per heavy atom. The highest BCUT2D eigenvalue weighted by Gasteiger charge is 2.51. The molecule has 2 aromatic heterocycles. The molecule has 2 aliphatic carbocycles. The van der Waals surface area contributed by atoms with Crippen molar-refractivity contribution >= 4 is 28.5 Å². The van der Waals surface area contributed by atoms with Gasteiger partial charge in [0.1, 0.15) is 42.3 Å². The van der Waals surface area contributed by atoms with E-state index in [4.69, 9.17) is 4.98 Å². The van der Waals surface area contributed by atoms with Crippen molar-refractivity contribution in [3.05, 3.63) is 96.2 Å². The number of anilines is 3. The van der Waals surface area contributed by atoms with Crippen LogP contribution in [0.15, 0.2) is 85.1 Å². The van der Waals surface area contributed by atoms with E-state index in [0.29, 0.717) is 12.0 Å². The molecule has 4 aromatic rings. The third-order valence-electron chi connectivity index (χ3n) is 10.3. The molecular formula is C34H35N6+. The van der Waals surface area contributed by atoms with E-state index in [-0.39, 0.29) is 11.6 Å². The molecular weight excluding hydrogens is 492 g/mol. The maximum absolute atomic E-state index is 4.72. The predicted molar refractivity (Wildman–Crippen MR) is 160 cm³/mol. The fourth-order valence-corrected chi connectivity index (χ4v) is 7.63. The Morgan fingerprint density at radius 1 is 1.00 bits per heavy atom. The second kappa shape index (κ2) is 8.17. The SMILES string of the molecule is CC1=C(n2cc[n+]3c2-c2ccccc2C2(C)CC=C(c4ccccc4N4c5ncncc5N(C)C4C)CC32)[C@H]1C. The van der Waals surface area contributed by atoms with Crippen molar-refractivity contribution < 1.29 is 4.57 Å². The number of aromatic nitrogens is 4. The highest BCUT2D eigenvalue weighted by Crippen LogP contribution is 2.54. The number of rotatable bonds is 3. The number of imidazole rings is 1. The van der Waals surface area contributed by atoms with Gasteiger partial charge in [-0.05, 0) is 49.1 Å². The Hall–Kier alpha value is -4.19. The lowest BCUT2D eigenvalue weighted by Crippen LogP contribution is -2.55. The lowest BCUT2D eigenvalue weighted by molar-refractivity contribution is -0.722. The molecule has 4 aliphatic rings. The molecule has 0 radical (unpaired) electrons. The van der Waals surface area contributed by atoms with Crippen molar-refractivity contribution in [3.63, 3.8) is 0 Å². The molecule has 2 aromatic carbocycles. The van der Waals surface area contributed by atoms with Crippen LogP contribution in [0.1, 0.15) is 57.7 Å². The molecule has 0 N–H and O–H groups in total. The molecule has 3 unspecified atom stereocenters. The molecule has 8 rings (SSSR count). The molecule has 40 heavy (non-hydrogen) atoms. The number of hydrogen-bond acceptors (Lipinski definition) is 4. The van der Waals surface area contributed by atoms with E-state index < -0.39 is 0 Å². The third kappa shape index (κ3) is 3.02.